The Bertz CT molecular complexity index is 220. The van der Waals surface area contributed by atoms with Gasteiger partial charge in [0, 0.05) is 0 Å². The predicted molar refractivity (Wildman–Crippen MR) is 33.2 cm³/mol. The van der Waals surface area contributed by atoms with Crippen LogP contribution in [0.3, 0.4) is 0 Å². The van der Waals surface area contributed by atoms with Gasteiger partial charge < -0.3 is 9.79 Å². The summed E-state index contributed by atoms with van der Waals surface area (Å²) < 4.78 is 39.0. The van der Waals surface area contributed by atoms with Crippen LogP contribution in [0.1, 0.15) is 0 Å². The van der Waals surface area contributed by atoms with E-state index in [9.17, 15) is 13.0 Å². The Kier molecular flexibility index (Phi) is 5.32. The van der Waals surface area contributed by atoms with Crippen molar-refractivity contribution in [3.05, 3.63) is 0 Å². The van der Waals surface area contributed by atoms with Gasteiger partial charge in [-0.3, -0.25) is 4.55 Å². The molecule has 0 spiro atoms. The molecule has 0 radical (unpaired) electrons. The highest BCUT2D eigenvalue weighted by atomic mass is 32.3. The maximum atomic E-state index is 9.58. The molecule has 0 amide bonds. The zero-order valence-electron chi connectivity index (χ0n) is 3.83. The second-order valence-corrected chi connectivity index (χ2v) is 3.43. The molecule has 0 aromatic rings. The van der Waals surface area contributed by atoms with Gasteiger partial charge in [-0.15, -0.1) is 3.97 Å². The normalized spacial score (nSPS) is 12.3. The highest BCUT2D eigenvalue weighted by Gasteiger charge is 2.22. The molecule has 3 N–H and O–H groups in total. The third-order valence-electron chi connectivity index (χ3n) is 0.191. The van der Waals surface area contributed by atoms with Crippen LogP contribution in [0.5, 0.6) is 0 Å². The second-order valence-electron chi connectivity index (χ2n) is 0.993. The van der Waals surface area contributed by atoms with Crippen LogP contribution in [0.25, 0.3) is 0 Å². The largest absolute Gasteiger partial charge is 0.486 e. The number of hydrogen-bond acceptors (Lipinski definition) is 4. The molecule has 0 aliphatic rings. The fraction of sp³-hybridized carbons (Fsp3) is 0. The van der Waals surface area contributed by atoms with Crippen LogP contribution in [-0.2, 0) is 18.9 Å². The lowest BCUT2D eigenvalue weighted by molar-refractivity contribution is 0.268. The van der Waals surface area contributed by atoms with Crippen LogP contribution < -0.4 is 0 Å². The average Bonchev–Trinajstić information content (AvgIpc) is 1.14. The van der Waals surface area contributed by atoms with Crippen molar-refractivity contribution >= 4 is 41.3 Å². The quantitative estimate of drug-likeness (QED) is 0.270. The Morgan fingerprint density at radius 2 is 1.60 bits per heavy atom. The smallest absolute Gasteiger partial charge is 0.302 e. The minimum absolute atomic E-state index is 0. The summed E-state index contributed by atoms with van der Waals surface area (Å²) in [7, 11) is -10.2. The topological polar surface area (TPSA) is 121 Å². The molecule has 0 atom stereocenters. The van der Waals surface area contributed by atoms with E-state index in [1.165, 1.54) is 0 Å². The highest BCUT2D eigenvalue weighted by molar-refractivity contribution is 7.85. The van der Waals surface area contributed by atoms with Gasteiger partial charge in [0.05, 0.1) is 0 Å². The molecule has 0 saturated heterocycles. The Morgan fingerprint density at radius 1 is 1.30 bits per heavy atom. The number of hydrogen-bond donors (Lipinski definition) is 3. The molecule has 60 valence electrons. The molecule has 10 heteroatoms. The zero-order valence-corrected chi connectivity index (χ0v) is 5.54. The van der Waals surface area contributed by atoms with Gasteiger partial charge in [-0.05, 0) is 0 Å². The third kappa shape index (κ3) is 11.6. The minimum atomic E-state index is -5.13. The monoisotopic (exact) mass is 204 g/mol. The van der Waals surface area contributed by atoms with Crippen molar-refractivity contribution in [3.8, 4) is 0 Å². The maximum absolute atomic E-state index is 9.58. The van der Waals surface area contributed by atoms with E-state index in [1.807, 2.05) is 0 Å². The molecule has 0 saturated carbocycles. The van der Waals surface area contributed by atoms with E-state index in [2.05, 4.69) is 3.97 Å². The summed E-state index contributed by atoms with van der Waals surface area (Å²) >= 11 is 0. The van der Waals surface area contributed by atoms with Crippen LogP contribution in [0.15, 0.2) is 0 Å². The first kappa shape index (κ1) is 13.4. The summed E-state index contributed by atoms with van der Waals surface area (Å²) in [6.45, 7) is 0. The van der Waals surface area contributed by atoms with Crippen molar-refractivity contribution in [1.82, 2.24) is 0 Å². The lowest BCUT2D eigenvalue weighted by Crippen LogP contribution is -2.00. The van der Waals surface area contributed by atoms with Crippen molar-refractivity contribution in [2.75, 3.05) is 0 Å². The first-order valence-electron chi connectivity index (χ1n) is 1.45. The van der Waals surface area contributed by atoms with Crippen LogP contribution in [0, 0.1) is 0 Å². The second kappa shape index (κ2) is 3.97. The lowest BCUT2D eigenvalue weighted by atomic mass is 15.7. The Labute approximate surface area is 72.7 Å². The van der Waals surface area contributed by atoms with E-state index in [1.54, 1.807) is 0 Å². The molecule has 0 aliphatic heterocycles. The van der Waals surface area contributed by atoms with Gasteiger partial charge in [0.15, 0.2) is 0 Å². The van der Waals surface area contributed by atoms with Gasteiger partial charge in [0.25, 0.3) is 0 Å². The molecule has 7 nitrogen and oxygen atoms in total. The molecular formula is H5MgO7PS. The molecule has 10 heavy (non-hydrogen) atoms. The molecule has 0 heterocycles. The van der Waals surface area contributed by atoms with Crippen molar-refractivity contribution in [1.29, 1.82) is 0 Å². The van der Waals surface area contributed by atoms with E-state index < -0.39 is 18.2 Å². The summed E-state index contributed by atoms with van der Waals surface area (Å²) in [5, 5.41) is 0. The van der Waals surface area contributed by atoms with Crippen molar-refractivity contribution in [2.45, 2.75) is 0 Å². The number of rotatable bonds is 2. The SMILES string of the molecule is O=P(O)(O)OS(=O)(=O)O.[MgH2]. The van der Waals surface area contributed by atoms with Gasteiger partial charge in [-0.1, -0.05) is 0 Å². The fourth-order valence-corrected chi connectivity index (χ4v) is 1.10. The van der Waals surface area contributed by atoms with Crippen LogP contribution >= 0.6 is 7.82 Å². The summed E-state index contributed by atoms with van der Waals surface area (Å²) in [5.74, 6) is 0. The Morgan fingerprint density at radius 3 is 1.60 bits per heavy atom. The molecule has 0 aliphatic carbocycles. The van der Waals surface area contributed by atoms with Crippen LogP contribution in [-0.4, -0.2) is 45.8 Å². The predicted octanol–water partition coefficient (Wildman–Crippen LogP) is -2.02. The molecule has 0 fully saturated rings. The first-order valence-corrected chi connectivity index (χ1v) is 4.34. The fourth-order valence-electron chi connectivity index (χ4n) is 0.123. The highest BCUT2D eigenvalue weighted by Crippen LogP contribution is 2.37. The van der Waals surface area contributed by atoms with Gasteiger partial charge >= 0.3 is 41.3 Å². The zero-order chi connectivity index (χ0) is 7.71. The van der Waals surface area contributed by atoms with E-state index in [0.717, 1.165) is 0 Å². The molecule has 0 aromatic heterocycles. The third-order valence-corrected chi connectivity index (χ3v) is 1.72. The Balaban J connectivity index is 0. The Hall–Kier alpha value is 0.786. The summed E-state index contributed by atoms with van der Waals surface area (Å²) in [4.78, 5) is 15.4. The van der Waals surface area contributed by atoms with Crippen molar-refractivity contribution in [2.24, 2.45) is 0 Å². The average molecular weight is 204 g/mol. The maximum Gasteiger partial charge on any atom is 0.486 e. The minimum Gasteiger partial charge on any atom is -0.302 e. The molecule has 0 unspecified atom stereocenters. The van der Waals surface area contributed by atoms with Crippen LogP contribution in [0.2, 0.25) is 0 Å². The van der Waals surface area contributed by atoms with E-state index in [4.69, 9.17) is 14.3 Å². The van der Waals surface area contributed by atoms with Crippen molar-refractivity contribution < 1.29 is 31.3 Å². The molecule has 0 bridgehead atoms. The summed E-state index contributed by atoms with van der Waals surface area (Å²) in [6, 6.07) is 0. The van der Waals surface area contributed by atoms with E-state index in [0.29, 0.717) is 0 Å². The van der Waals surface area contributed by atoms with Gasteiger partial charge in [0.1, 0.15) is 0 Å². The van der Waals surface area contributed by atoms with Gasteiger partial charge in [-0.2, -0.15) is 8.42 Å². The number of phosphoric acid groups is 1. The van der Waals surface area contributed by atoms with Crippen molar-refractivity contribution in [3.63, 3.8) is 0 Å². The molecule has 0 rings (SSSR count). The summed E-state index contributed by atoms with van der Waals surface area (Å²) in [5.41, 5.74) is 0. The summed E-state index contributed by atoms with van der Waals surface area (Å²) in [6.07, 6.45) is 0. The van der Waals surface area contributed by atoms with E-state index >= 15 is 0 Å². The van der Waals surface area contributed by atoms with Gasteiger partial charge in [0.2, 0.25) is 0 Å². The lowest BCUT2D eigenvalue weighted by Gasteiger charge is -1.97. The van der Waals surface area contributed by atoms with E-state index in [-0.39, 0.29) is 23.1 Å². The van der Waals surface area contributed by atoms with Gasteiger partial charge in [-0.25, -0.2) is 4.57 Å². The molecule has 0 aromatic carbocycles. The van der Waals surface area contributed by atoms with Crippen LogP contribution in [0.4, 0.5) is 0 Å². The first-order chi connectivity index (χ1) is 3.71. The molecular weight excluding hydrogens is 199 g/mol. The standard InChI is InChI=1S/Mg.H3O7PS.2H/c;1-8(2,3)7-9(4,5)6;;/h;(H2,1,2,3)(H,4,5,6);;.